The number of rotatable bonds is 29. The first-order chi connectivity index (χ1) is 46.9. The third-order valence-electron chi connectivity index (χ3n) is 10.8. The molecule has 5 aromatic rings. The normalized spacial score (nSPS) is 12.1. The molecule has 1 amide bonds. The second-order valence-electron chi connectivity index (χ2n) is 18.7. The topological polar surface area (TPSA) is 470 Å². The van der Waals surface area contributed by atoms with Gasteiger partial charge in [0.05, 0.1) is 64.9 Å². The van der Waals surface area contributed by atoms with E-state index in [1.807, 2.05) is 32.2 Å². The highest BCUT2D eigenvalue weighted by Gasteiger charge is 2.23. The first-order valence-electron chi connectivity index (χ1n) is 27.8. The number of nitrogens with zero attached hydrogens (tertiary/aromatic N) is 8. The number of ketones is 1. The standard InChI is InChI=1S/C14H19NO8S.C13H18N2O4S.C12H10N2O4S.C11H11N3O3S.C11H13NO5S2/c1-19-7-8-22-14(16)13(15-23-24(4,17)18)10-5-6-11(20-2)12(9-10)21-3;1-4-15(5-2)13(16)12(14-19-20(3,17)18)11-9-7-6-8-10-11;1-19(16,17)18-14-11(9-13)12(15)8-7-10-5-3-2-4-6-10;1-18(15,16)17-14-11(8-12)10(13)7-9-5-3-2-4-6-9;1-16-11(13)10(12-17-19(3,14)15)8-4-6-9(18-2)7-5-8/h5-6,9H,7-8H2,1-4H3;6-10H,4-5H2,1-3H3;2-8H,1H3;2-7H,13H2,1H3;4-7H,1-3H3/b;;8-7+,14-11?;10-7-,14-11?;. The SMILES string of the molecule is CCN(CC)C(=O)C(=NOS(C)(=O)=O)c1ccccc1.COC(=O)C(=NOS(C)(=O)=O)c1ccc(SC)cc1.COCCOC(=O)C(=NOS(C)(=O)=O)c1ccc(OC)c(OC)c1.CS(=O)(=O)ON=C(C#N)/C(N)=C/c1ccccc1.CS(=O)(=O)ON=C(C#N)C(=O)/C=C/c1ccccc1. The van der Waals surface area contributed by atoms with Crippen molar-refractivity contribution in [2.75, 3.05) is 92.3 Å². The summed E-state index contributed by atoms with van der Waals surface area (Å²) < 4.78 is 155. The van der Waals surface area contributed by atoms with Crippen molar-refractivity contribution in [3.05, 3.63) is 173 Å². The van der Waals surface area contributed by atoms with Gasteiger partial charge in [-0.3, -0.25) is 31.0 Å². The van der Waals surface area contributed by atoms with Crippen molar-refractivity contribution in [1.82, 2.24) is 4.90 Å². The number of benzene rings is 5. The van der Waals surface area contributed by atoms with Gasteiger partial charge in [0.2, 0.25) is 17.2 Å². The molecule has 5 aromatic carbocycles. The number of ether oxygens (including phenoxy) is 5. The maximum Gasteiger partial charge on any atom is 0.361 e. The van der Waals surface area contributed by atoms with E-state index in [0.29, 0.717) is 35.7 Å². The molecule has 0 saturated carbocycles. The van der Waals surface area contributed by atoms with E-state index >= 15 is 0 Å². The molecular formula is C61H71N9O24S6. The number of carbonyl (C=O) groups is 4. The highest BCUT2D eigenvalue weighted by atomic mass is 32.2. The van der Waals surface area contributed by atoms with Crippen LogP contribution in [0.5, 0.6) is 11.5 Å². The van der Waals surface area contributed by atoms with Crippen LogP contribution >= 0.6 is 11.8 Å². The Morgan fingerprint density at radius 3 is 1.34 bits per heavy atom. The van der Waals surface area contributed by atoms with Crippen LogP contribution in [-0.4, -0.2) is 191 Å². The molecule has 0 fully saturated rings. The predicted molar refractivity (Wildman–Crippen MR) is 371 cm³/mol. The molecule has 39 heteroatoms. The smallest absolute Gasteiger partial charge is 0.361 e. The molecule has 0 aromatic heterocycles. The Morgan fingerprint density at radius 1 is 0.510 bits per heavy atom. The third kappa shape index (κ3) is 37.3. The molecule has 0 atom stereocenters. The van der Waals surface area contributed by atoms with Crippen molar-refractivity contribution in [2.45, 2.75) is 18.7 Å². The molecule has 2 N–H and O–H groups in total. The highest BCUT2D eigenvalue weighted by molar-refractivity contribution is 7.98. The largest absolute Gasteiger partial charge is 0.493 e. The third-order valence-corrected chi connectivity index (χ3v) is 13.3. The van der Waals surface area contributed by atoms with E-state index in [-0.39, 0.29) is 53.2 Å². The number of allylic oxidation sites excluding steroid dienone is 2. The van der Waals surface area contributed by atoms with Gasteiger partial charge in [-0.15, -0.1) is 11.8 Å². The molecule has 0 bridgehead atoms. The summed E-state index contributed by atoms with van der Waals surface area (Å²) in [7, 11) is -13.5. The van der Waals surface area contributed by atoms with Gasteiger partial charge < -0.3 is 34.3 Å². The van der Waals surface area contributed by atoms with Crippen LogP contribution in [0, 0.1) is 22.7 Å². The zero-order valence-corrected chi connectivity index (χ0v) is 60.6. The van der Waals surface area contributed by atoms with Crippen molar-refractivity contribution in [3.8, 4) is 23.6 Å². The highest BCUT2D eigenvalue weighted by Crippen LogP contribution is 2.28. The number of amides is 1. The van der Waals surface area contributed by atoms with E-state index in [0.717, 1.165) is 53.4 Å². The van der Waals surface area contributed by atoms with E-state index in [4.69, 9.17) is 35.2 Å². The van der Waals surface area contributed by atoms with Crippen LogP contribution in [0.3, 0.4) is 0 Å². The number of hydrogen-bond acceptors (Lipinski definition) is 33. The lowest BCUT2D eigenvalue weighted by Gasteiger charge is -2.19. The predicted octanol–water partition coefficient (Wildman–Crippen LogP) is 5.04. The fraction of sp³-hybridized carbons (Fsp3) is 0.262. The van der Waals surface area contributed by atoms with Crippen LogP contribution in [-0.2, 0) is 105 Å². The van der Waals surface area contributed by atoms with Crippen LogP contribution in [0.2, 0.25) is 0 Å². The van der Waals surface area contributed by atoms with E-state index in [1.54, 1.807) is 109 Å². The van der Waals surface area contributed by atoms with Crippen molar-refractivity contribution in [3.63, 3.8) is 0 Å². The van der Waals surface area contributed by atoms with Gasteiger partial charge in [-0.25, -0.2) is 9.59 Å². The quantitative estimate of drug-likeness (QED) is 0.0164. The number of nitriles is 2. The number of methoxy groups -OCH3 is 4. The van der Waals surface area contributed by atoms with Crippen LogP contribution in [0.15, 0.2) is 176 Å². The number of carbonyl (C=O) groups excluding carboxylic acids is 4. The number of esters is 2. The molecule has 0 aliphatic carbocycles. The van der Waals surface area contributed by atoms with Gasteiger partial charge in [-0.1, -0.05) is 130 Å². The molecule has 0 unspecified atom stereocenters. The van der Waals surface area contributed by atoms with E-state index in [9.17, 15) is 61.3 Å². The molecule has 0 saturated heterocycles. The van der Waals surface area contributed by atoms with Crippen LogP contribution in [0.25, 0.3) is 12.2 Å². The van der Waals surface area contributed by atoms with Gasteiger partial charge in [0.15, 0.2) is 28.6 Å². The molecule has 5 rings (SSSR count). The molecule has 0 heterocycles. The van der Waals surface area contributed by atoms with Crippen molar-refractivity contribution >= 4 is 127 Å². The lowest BCUT2D eigenvalue weighted by atomic mass is 10.1. The van der Waals surface area contributed by atoms with Crippen LogP contribution in [0.1, 0.15) is 41.7 Å². The van der Waals surface area contributed by atoms with Crippen molar-refractivity contribution in [1.29, 1.82) is 10.5 Å². The number of oxime groups is 5. The van der Waals surface area contributed by atoms with E-state index < -0.39 is 74.0 Å². The second kappa shape index (κ2) is 44.4. The minimum Gasteiger partial charge on any atom is -0.493 e. The average Bonchev–Trinajstić information content (AvgIpc) is 0.830. The average molecular weight is 1510 g/mol. The first kappa shape index (κ1) is 87.5. The number of likely N-dealkylation sites (N-methyl/N-ethyl adjacent to an activating group) is 1. The summed E-state index contributed by atoms with van der Waals surface area (Å²) >= 11 is 1.54. The molecular weight excluding hydrogens is 1440 g/mol. The Hall–Kier alpha value is -10.6. The van der Waals surface area contributed by atoms with Crippen LogP contribution < -0.4 is 15.2 Å². The summed E-state index contributed by atoms with van der Waals surface area (Å²) in [5.74, 6) is -2.01. The Kier molecular flexibility index (Phi) is 38.8. The summed E-state index contributed by atoms with van der Waals surface area (Å²) in [6.45, 7) is 4.82. The summed E-state index contributed by atoms with van der Waals surface area (Å²) in [6.07, 6.45) is 10.1. The van der Waals surface area contributed by atoms with Gasteiger partial charge in [0.25, 0.3) is 5.91 Å². The van der Waals surface area contributed by atoms with Crippen LogP contribution in [0.4, 0.5) is 0 Å². The summed E-state index contributed by atoms with van der Waals surface area (Å²) in [4.78, 5) is 50.1. The fourth-order valence-electron chi connectivity index (χ4n) is 6.40. The number of thioether (sulfide) groups is 1. The molecule has 0 aliphatic rings. The van der Waals surface area contributed by atoms with Gasteiger partial charge in [0.1, 0.15) is 18.7 Å². The Balaban J connectivity index is 0.000000627. The Morgan fingerprint density at radius 2 is 0.920 bits per heavy atom. The minimum atomic E-state index is -3.89. The first-order valence-corrected chi connectivity index (χ1v) is 38.1. The molecule has 0 aliphatic heterocycles. The van der Waals surface area contributed by atoms with Gasteiger partial charge in [-0.2, -0.15) is 52.6 Å². The summed E-state index contributed by atoms with van der Waals surface area (Å²) in [6, 6.07) is 40.9. The zero-order chi connectivity index (χ0) is 75.7. The maximum atomic E-state index is 12.3. The van der Waals surface area contributed by atoms with Crippen molar-refractivity contribution < 1.29 is 106 Å². The molecule has 0 spiro atoms. The Bertz CT molecular complexity index is 4450. The summed E-state index contributed by atoms with van der Waals surface area (Å²) in [5.41, 5.74) is 6.80. The van der Waals surface area contributed by atoms with Crippen molar-refractivity contribution in [2.24, 2.45) is 31.5 Å². The molecule has 33 nitrogen and oxygen atoms in total. The zero-order valence-electron chi connectivity index (χ0n) is 55.7. The lowest BCUT2D eigenvalue weighted by Crippen LogP contribution is -2.37. The van der Waals surface area contributed by atoms with Gasteiger partial charge in [0, 0.05) is 41.8 Å². The maximum absolute atomic E-state index is 12.3. The second-order valence-corrected chi connectivity index (χ2v) is 27.4. The van der Waals surface area contributed by atoms with E-state index in [2.05, 4.69) is 51.9 Å². The Labute approximate surface area is 584 Å². The molecule has 540 valence electrons. The lowest BCUT2D eigenvalue weighted by molar-refractivity contribution is -0.137. The number of nitrogens with two attached hydrogens (primary N) is 1. The van der Waals surface area contributed by atoms with E-state index in [1.165, 1.54) is 81.5 Å². The summed E-state index contributed by atoms with van der Waals surface area (Å²) in [5, 5.41) is 33.9. The monoisotopic (exact) mass is 1510 g/mol. The fourth-order valence-corrected chi connectivity index (χ4v) is 7.86. The van der Waals surface area contributed by atoms with Gasteiger partial charge in [-0.05, 0) is 78.9 Å². The molecule has 0 radical (unpaired) electrons. The minimum absolute atomic E-state index is 0.0207. The molecule has 100 heavy (non-hydrogen) atoms. The number of hydrogen-bond donors (Lipinski definition) is 1. The van der Waals surface area contributed by atoms with Gasteiger partial charge >= 0.3 is 62.5 Å².